The van der Waals surface area contributed by atoms with E-state index in [9.17, 15) is 14.7 Å². The van der Waals surface area contributed by atoms with Crippen LogP contribution in [0.15, 0.2) is 36.7 Å². The van der Waals surface area contributed by atoms with Gasteiger partial charge in [-0.2, -0.15) is 0 Å². The Kier molecular flexibility index (Phi) is 9.10. The SMILES string of the molecule is CN(CCCCNC(=O)c1ccc(CN(Cc2ncc[nH]2)C(=O)O)cc1)C1CCCCC1. The number of carbonyl (C=O) groups is 2. The van der Waals surface area contributed by atoms with Gasteiger partial charge >= 0.3 is 6.09 Å². The van der Waals surface area contributed by atoms with Gasteiger partial charge in [0, 0.05) is 37.1 Å². The highest BCUT2D eigenvalue weighted by Gasteiger charge is 2.17. The summed E-state index contributed by atoms with van der Waals surface area (Å²) in [6.45, 7) is 2.15. The lowest BCUT2D eigenvalue weighted by molar-refractivity contribution is 0.0952. The molecule has 2 amide bonds. The number of H-pyrrole nitrogens is 1. The normalized spacial score (nSPS) is 14.4. The molecule has 3 N–H and O–H groups in total. The Morgan fingerprint density at radius 3 is 2.53 bits per heavy atom. The predicted octanol–water partition coefficient (Wildman–Crippen LogP) is 3.86. The number of nitrogens with zero attached hydrogens (tertiary/aromatic N) is 3. The Balaban J connectivity index is 1.38. The van der Waals surface area contributed by atoms with Crippen LogP contribution in [0.25, 0.3) is 0 Å². The molecule has 1 aromatic heterocycles. The van der Waals surface area contributed by atoms with Crippen LogP contribution in [0, 0.1) is 0 Å². The molecular formula is C24H35N5O3. The first-order valence-electron chi connectivity index (χ1n) is 11.6. The maximum Gasteiger partial charge on any atom is 0.408 e. The lowest BCUT2D eigenvalue weighted by Crippen LogP contribution is -2.34. The second-order valence-corrected chi connectivity index (χ2v) is 8.61. The van der Waals surface area contributed by atoms with Crippen LogP contribution in [0.2, 0.25) is 0 Å². The maximum atomic E-state index is 12.4. The summed E-state index contributed by atoms with van der Waals surface area (Å²) in [5, 5.41) is 12.4. The molecule has 2 aromatic rings. The first-order chi connectivity index (χ1) is 15.5. The van der Waals surface area contributed by atoms with E-state index < -0.39 is 6.09 Å². The molecule has 3 rings (SSSR count). The topological polar surface area (TPSA) is 102 Å². The van der Waals surface area contributed by atoms with E-state index in [0.717, 1.165) is 31.0 Å². The molecule has 8 nitrogen and oxygen atoms in total. The van der Waals surface area contributed by atoms with Gasteiger partial charge in [-0.05, 0) is 57.0 Å². The molecule has 1 fully saturated rings. The molecule has 1 aromatic carbocycles. The van der Waals surface area contributed by atoms with Crippen molar-refractivity contribution in [3.8, 4) is 0 Å². The number of hydrogen-bond acceptors (Lipinski definition) is 4. The van der Waals surface area contributed by atoms with Crippen molar-refractivity contribution < 1.29 is 14.7 Å². The van der Waals surface area contributed by atoms with Crippen molar-refractivity contribution in [3.63, 3.8) is 0 Å². The Hall–Kier alpha value is -2.87. The summed E-state index contributed by atoms with van der Waals surface area (Å²) < 4.78 is 0. The minimum absolute atomic E-state index is 0.0946. The molecule has 0 radical (unpaired) electrons. The smallest absolute Gasteiger partial charge is 0.408 e. The van der Waals surface area contributed by atoms with Gasteiger partial charge < -0.3 is 20.3 Å². The molecule has 174 valence electrons. The van der Waals surface area contributed by atoms with Crippen molar-refractivity contribution in [2.24, 2.45) is 0 Å². The largest absolute Gasteiger partial charge is 0.465 e. The fraction of sp³-hybridized carbons (Fsp3) is 0.542. The summed E-state index contributed by atoms with van der Waals surface area (Å²) in [7, 11) is 2.22. The molecule has 1 aliphatic carbocycles. The van der Waals surface area contributed by atoms with Gasteiger partial charge in [0.05, 0.1) is 6.54 Å². The third-order valence-corrected chi connectivity index (χ3v) is 6.18. The van der Waals surface area contributed by atoms with E-state index in [1.165, 1.54) is 37.0 Å². The number of carbonyl (C=O) groups excluding carboxylic acids is 1. The summed E-state index contributed by atoms with van der Waals surface area (Å²) in [5.74, 6) is 0.496. The minimum Gasteiger partial charge on any atom is -0.465 e. The molecule has 32 heavy (non-hydrogen) atoms. The van der Waals surface area contributed by atoms with Gasteiger partial charge in [0.15, 0.2) is 0 Å². The highest BCUT2D eigenvalue weighted by molar-refractivity contribution is 5.94. The van der Waals surface area contributed by atoms with Gasteiger partial charge in [-0.1, -0.05) is 31.4 Å². The van der Waals surface area contributed by atoms with Crippen molar-refractivity contribution in [1.29, 1.82) is 0 Å². The molecule has 1 heterocycles. The van der Waals surface area contributed by atoms with Crippen LogP contribution in [0.1, 0.15) is 66.7 Å². The number of nitrogens with one attached hydrogen (secondary N) is 2. The van der Waals surface area contributed by atoms with Crippen LogP contribution in [0.3, 0.4) is 0 Å². The van der Waals surface area contributed by atoms with Gasteiger partial charge in [-0.25, -0.2) is 9.78 Å². The molecular weight excluding hydrogens is 406 g/mol. The van der Waals surface area contributed by atoms with Crippen molar-refractivity contribution in [2.45, 2.75) is 64.1 Å². The Labute approximate surface area is 190 Å². The maximum absolute atomic E-state index is 12.4. The third kappa shape index (κ3) is 7.37. The van der Waals surface area contributed by atoms with E-state index in [1.54, 1.807) is 36.7 Å². The van der Waals surface area contributed by atoms with E-state index in [1.807, 2.05) is 0 Å². The van der Waals surface area contributed by atoms with Gasteiger partial charge in [0.25, 0.3) is 5.91 Å². The van der Waals surface area contributed by atoms with E-state index >= 15 is 0 Å². The summed E-state index contributed by atoms with van der Waals surface area (Å²) in [4.78, 5) is 34.7. The molecule has 0 unspecified atom stereocenters. The molecule has 0 saturated heterocycles. The molecule has 0 aliphatic heterocycles. The van der Waals surface area contributed by atoms with Gasteiger partial charge in [-0.3, -0.25) is 9.69 Å². The number of amides is 2. The van der Waals surface area contributed by atoms with Crippen LogP contribution >= 0.6 is 0 Å². The molecule has 0 spiro atoms. The number of benzene rings is 1. The average Bonchev–Trinajstić information content (AvgIpc) is 3.32. The first kappa shape index (κ1) is 23.8. The quantitative estimate of drug-likeness (QED) is 0.460. The Morgan fingerprint density at radius 1 is 1.12 bits per heavy atom. The zero-order chi connectivity index (χ0) is 22.8. The van der Waals surface area contributed by atoms with Crippen molar-refractivity contribution in [2.75, 3.05) is 20.1 Å². The summed E-state index contributed by atoms with van der Waals surface area (Å²) >= 11 is 0. The molecule has 0 bridgehead atoms. The van der Waals surface area contributed by atoms with Crippen molar-refractivity contribution in [3.05, 3.63) is 53.6 Å². The van der Waals surface area contributed by atoms with Crippen LogP contribution in [-0.2, 0) is 13.1 Å². The highest BCUT2D eigenvalue weighted by atomic mass is 16.4. The Bertz CT molecular complexity index is 832. The van der Waals surface area contributed by atoms with Gasteiger partial charge in [-0.15, -0.1) is 0 Å². The monoisotopic (exact) mass is 441 g/mol. The fourth-order valence-electron chi connectivity index (χ4n) is 4.23. The summed E-state index contributed by atoms with van der Waals surface area (Å²) in [6, 6.07) is 7.81. The van der Waals surface area contributed by atoms with E-state index in [4.69, 9.17) is 0 Å². The van der Waals surface area contributed by atoms with Crippen LogP contribution in [0.5, 0.6) is 0 Å². The molecule has 1 aliphatic rings. The number of aromatic nitrogens is 2. The zero-order valence-electron chi connectivity index (χ0n) is 18.9. The highest BCUT2D eigenvalue weighted by Crippen LogP contribution is 2.21. The summed E-state index contributed by atoms with van der Waals surface area (Å²) in [6.07, 6.45) is 11.0. The first-order valence-corrected chi connectivity index (χ1v) is 11.6. The summed E-state index contributed by atoms with van der Waals surface area (Å²) in [5.41, 5.74) is 1.40. The van der Waals surface area contributed by atoms with Gasteiger partial charge in [0.2, 0.25) is 0 Å². The minimum atomic E-state index is -1.02. The van der Waals surface area contributed by atoms with E-state index in [0.29, 0.717) is 17.9 Å². The van der Waals surface area contributed by atoms with Crippen LogP contribution in [0.4, 0.5) is 4.79 Å². The number of carboxylic acid groups (broad SMARTS) is 1. The molecule has 0 atom stereocenters. The number of imidazole rings is 1. The zero-order valence-corrected chi connectivity index (χ0v) is 18.9. The van der Waals surface area contributed by atoms with Crippen LogP contribution < -0.4 is 5.32 Å². The number of rotatable bonds is 11. The standard InChI is InChI=1S/C24H35N5O3/c1-28(21-7-3-2-4-8-21)16-6-5-13-27-23(30)20-11-9-19(10-12-20)17-29(24(31)32)18-22-25-14-15-26-22/h9-12,14-15,21H,2-8,13,16-18H2,1H3,(H,25,26)(H,27,30)(H,31,32). The number of hydrogen-bond donors (Lipinski definition) is 3. The number of unbranched alkanes of at least 4 members (excludes halogenated alkanes) is 1. The van der Waals surface area contributed by atoms with Crippen LogP contribution in [-0.4, -0.2) is 63.1 Å². The van der Waals surface area contributed by atoms with Crippen molar-refractivity contribution in [1.82, 2.24) is 25.1 Å². The average molecular weight is 442 g/mol. The van der Waals surface area contributed by atoms with E-state index in [-0.39, 0.29) is 19.0 Å². The van der Waals surface area contributed by atoms with Crippen molar-refractivity contribution >= 4 is 12.0 Å². The fourth-order valence-corrected chi connectivity index (χ4v) is 4.23. The number of aromatic amines is 1. The van der Waals surface area contributed by atoms with E-state index in [2.05, 4.69) is 27.2 Å². The lowest BCUT2D eigenvalue weighted by atomic mass is 9.94. The van der Waals surface area contributed by atoms with Gasteiger partial charge in [0.1, 0.15) is 5.82 Å². The second-order valence-electron chi connectivity index (χ2n) is 8.61. The second kappa shape index (κ2) is 12.2. The predicted molar refractivity (Wildman–Crippen MR) is 123 cm³/mol. The molecule has 1 saturated carbocycles. The lowest BCUT2D eigenvalue weighted by Gasteiger charge is -2.31. The molecule has 8 heteroatoms. The third-order valence-electron chi connectivity index (χ3n) is 6.18. The Morgan fingerprint density at radius 2 is 1.88 bits per heavy atom.